The first-order valence-electron chi connectivity index (χ1n) is 7.41. The Hall–Kier alpha value is -1.57. The van der Waals surface area contributed by atoms with E-state index < -0.39 is 0 Å². The lowest BCUT2D eigenvalue weighted by molar-refractivity contribution is 0.295. The minimum atomic E-state index is 0.755. The number of aryl methyl sites for hydroxylation is 2. The third-order valence-corrected chi connectivity index (χ3v) is 4.91. The van der Waals surface area contributed by atoms with Crippen molar-refractivity contribution in [1.82, 2.24) is 0 Å². The highest BCUT2D eigenvalue weighted by molar-refractivity contribution is 9.10. The van der Waals surface area contributed by atoms with Crippen molar-refractivity contribution < 1.29 is 4.74 Å². The maximum atomic E-state index is 9.36. The normalized spacial score (nSPS) is 9.57. The number of thiophene rings is 1. The molecule has 23 heavy (non-hydrogen) atoms. The quantitative estimate of drug-likeness (QED) is 0.558. The molecule has 2 nitrogen and oxygen atoms in total. The highest BCUT2D eigenvalue weighted by Gasteiger charge is 2.14. The average Bonchev–Trinajstić information content (AvgIpc) is 2.93. The molecule has 1 aromatic heterocycles. The zero-order valence-corrected chi connectivity index (χ0v) is 16.5. The summed E-state index contributed by atoms with van der Waals surface area (Å²) in [6, 6.07) is 8.57. The van der Waals surface area contributed by atoms with Crippen molar-refractivity contribution >= 4 is 27.3 Å². The zero-order valence-electron chi connectivity index (χ0n) is 14.1. The minimum Gasteiger partial charge on any atom is -0.502 e. The number of nitrogens with zero attached hydrogens (tertiary/aromatic N) is 1. The van der Waals surface area contributed by atoms with Gasteiger partial charge in [0.05, 0.1) is 24.5 Å². The number of allylic oxidation sites excluding steroid dienone is 1. The molecule has 0 N–H and O–H groups in total. The van der Waals surface area contributed by atoms with Gasteiger partial charge in [-0.25, -0.2) is 0 Å². The Labute approximate surface area is 151 Å². The first-order valence-corrected chi connectivity index (χ1v) is 9.08. The highest BCUT2D eigenvalue weighted by atomic mass is 79.9. The molecule has 0 radical (unpaired) electrons. The smallest absolute Gasteiger partial charge is 0.0999 e. The first-order chi connectivity index (χ1) is 10.9. The predicted molar refractivity (Wildman–Crippen MR) is 103 cm³/mol. The summed E-state index contributed by atoms with van der Waals surface area (Å²) < 4.78 is 5.58. The van der Waals surface area contributed by atoms with E-state index in [1.54, 1.807) is 25.4 Å². The Morgan fingerprint density at radius 1 is 1.43 bits per heavy atom. The summed E-state index contributed by atoms with van der Waals surface area (Å²) in [5, 5.41) is 11.4. The van der Waals surface area contributed by atoms with E-state index in [-0.39, 0.29) is 0 Å². The van der Waals surface area contributed by atoms with Gasteiger partial charge in [-0.05, 0) is 55.0 Å². The number of benzene rings is 1. The van der Waals surface area contributed by atoms with Crippen molar-refractivity contribution in [2.24, 2.45) is 0 Å². The van der Waals surface area contributed by atoms with Crippen LogP contribution >= 0.6 is 27.3 Å². The number of nitriles is 1. The molecule has 0 atom stereocenters. The van der Waals surface area contributed by atoms with E-state index in [1.165, 1.54) is 16.0 Å². The average molecular weight is 392 g/mol. The van der Waals surface area contributed by atoms with Crippen molar-refractivity contribution in [3.63, 3.8) is 0 Å². The van der Waals surface area contributed by atoms with Gasteiger partial charge < -0.3 is 4.74 Å². The summed E-state index contributed by atoms with van der Waals surface area (Å²) in [5.41, 5.74) is 4.24. The van der Waals surface area contributed by atoms with E-state index in [2.05, 4.69) is 64.7 Å². The molecule has 0 amide bonds. The van der Waals surface area contributed by atoms with Crippen molar-refractivity contribution in [2.45, 2.75) is 33.6 Å². The Bertz CT molecular complexity index is 713. The summed E-state index contributed by atoms with van der Waals surface area (Å²) in [6.45, 7) is 9.49. The molecule has 122 valence electrons. The molecule has 0 saturated heterocycles. The second-order valence-corrected chi connectivity index (χ2v) is 6.97. The van der Waals surface area contributed by atoms with Crippen molar-refractivity contribution in [2.75, 3.05) is 7.11 Å². The summed E-state index contributed by atoms with van der Waals surface area (Å²) in [4.78, 5) is 1.18. The van der Waals surface area contributed by atoms with E-state index in [4.69, 9.17) is 0 Å². The van der Waals surface area contributed by atoms with Gasteiger partial charge in [-0.3, -0.25) is 0 Å². The van der Waals surface area contributed by atoms with Crippen LogP contribution in [-0.2, 0) is 11.2 Å². The van der Waals surface area contributed by atoms with Crippen LogP contribution < -0.4 is 0 Å². The fourth-order valence-corrected chi connectivity index (χ4v) is 3.88. The molecule has 2 aromatic rings. The summed E-state index contributed by atoms with van der Waals surface area (Å²) in [5.74, 6) is 0.755. The van der Waals surface area contributed by atoms with Crippen molar-refractivity contribution in [3.05, 3.63) is 57.1 Å². The van der Waals surface area contributed by atoms with Crippen molar-refractivity contribution in [1.29, 1.82) is 5.26 Å². The van der Waals surface area contributed by atoms with Gasteiger partial charge in [0.2, 0.25) is 0 Å². The number of hydrogen-bond donors (Lipinski definition) is 0. The van der Waals surface area contributed by atoms with Crippen LogP contribution in [0, 0.1) is 18.3 Å². The van der Waals surface area contributed by atoms with Gasteiger partial charge in [-0.1, -0.05) is 35.9 Å². The summed E-state index contributed by atoms with van der Waals surface area (Å²) in [6.07, 6.45) is 2.10. The lowest BCUT2D eigenvalue weighted by atomic mass is 10.00. The molecule has 0 fully saturated rings. The van der Waals surface area contributed by atoms with Gasteiger partial charge >= 0.3 is 0 Å². The molecule has 0 aliphatic carbocycles. The van der Waals surface area contributed by atoms with E-state index >= 15 is 0 Å². The van der Waals surface area contributed by atoms with Crippen LogP contribution in [0.1, 0.15) is 37.0 Å². The van der Waals surface area contributed by atoms with Crippen LogP contribution in [-0.4, -0.2) is 7.11 Å². The third kappa shape index (κ3) is 5.53. The number of halogens is 1. The van der Waals surface area contributed by atoms with Gasteiger partial charge in [-0.15, -0.1) is 11.3 Å². The minimum absolute atomic E-state index is 0.755. The van der Waals surface area contributed by atoms with Gasteiger partial charge in [-0.2, -0.15) is 5.26 Å². The van der Waals surface area contributed by atoms with Crippen LogP contribution in [0.3, 0.4) is 0 Å². The highest BCUT2D eigenvalue weighted by Crippen LogP contribution is 2.38. The number of hydrogen-bond acceptors (Lipinski definition) is 3. The monoisotopic (exact) mass is 391 g/mol. The van der Waals surface area contributed by atoms with Crippen molar-refractivity contribution in [3.8, 4) is 16.5 Å². The maximum Gasteiger partial charge on any atom is 0.0999 e. The maximum absolute atomic E-state index is 9.36. The van der Waals surface area contributed by atoms with E-state index in [0.717, 1.165) is 34.2 Å². The second-order valence-electron chi connectivity index (χ2n) is 5.20. The summed E-state index contributed by atoms with van der Waals surface area (Å²) >= 11 is 5.30. The SMILES string of the molecule is C=C(C)OC.CCCc1cc(Br)c(-c2sccc2C)c(C#N)c1. The van der Waals surface area contributed by atoms with Gasteiger partial charge in [0, 0.05) is 14.9 Å². The number of rotatable bonds is 4. The topological polar surface area (TPSA) is 33.0 Å². The lowest BCUT2D eigenvalue weighted by Crippen LogP contribution is -1.91. The Morgan fingerprint density at radius 2 is 2.09 bits per heavy atom. The van der Waals surface area contributed by atoms with Crippen LogP contribution in [0.15, 0.2) is 40.4 Å². The zero-order chi connectivity index (χ0) is 17.4. The van der Waals surface area contributed by atoms with Gasteiger partial charge in [0.25, 0.3) is 0 Å². The van der Waals surface area contributed by atoms with Crippen LogP contribution in [0.2, 0.25) is 0 Å². The van der Waals surface area contributed by atoms with Gasteiger partial charge in [0.1, 0.15) is 0 Å². The molecule has 4 heteroatoms. The largest absolute Gasteiger partial charge is 0.502 e. The van der Waals surface area contributed by atoms with Gasteiger partial charge in [0.15, 0.2) is 0 Å². The van der Waals surface area contributed by atoms with E-state index in [9.17, 15) is 5.26 Å². The van der Waals surface area contributed by atoms with Crippen LogP contribution in [0.4, 0.5) is 0 Å². The fourth-order valence-electron chi connectivity index (χ4n) is 2.04. The van der Waals surface area contributed by atoms with E-state index in [1.807, 2.05) is 6.07 Å². The number of methoxy groups -OCH3 is 1. The Balaban J connectivity index is 0.000000463. The lowest BCUT2D eigenvalue weighted by Gasteiger charge is -2.09. The summed E-state index contributed by atoms with van der Waals surface area (Å²) in [7, 11) is 1.60. The standard InChI is InChI=1S/C15H14BrNS.C4H8O/c1-3-4-11-7-12(9-17)14(13(16)8-11)15-10(2)5-6-18-15;1-4(2)5-3/h5-8H,3-4H2,1-2H3;1H2,2-3H3. The van der Waals surface area contributed by atoms with Crippen LogP contribution in [0.25, 0.3) is 10.4 Å². The molecule has 0 aliphatic rings. The molecule has 0 unspecified atom stereocenters. The Kier molecular flexibility index (Phi) is 8.08. The molecule has 1 aromatic carbocycles. The number of ether oxygens (including phenoxy) is 1. The second kappa shape index (κ2) is 9.54. The predicted octanol–water partition coefficient (Wildman–Crippen LogP) is 6.48. The molecule has 0 bridgehead atoms. The van der Waals surface area contributed by atoms with Crippen LogP contribution in [0.5, 0.6) is 0 Å². The molecule has 1 heterocycles. The molecular weight excluding hydrogens is 370 g/mol. The third-order valence-electron chi connectivity index (χ3n) is 3.25. The Morgan fingerprint density at radius 3 is 2.52 bits per heavy atom. The molecular formula is C19H22BrNOS. The molecule has 2 rings (SSSR count). The first kappa shape index (κ1) is 19.5. The van der Waals surface area contributed by atoms with E-state index in [0.29, 0.717) is 0 Å². The fraction of sp³-hybridized carbons (Fsp3) is 0.316. The molecule has 0 saturated carbocycles. The molecule has 0 spiro atoms. The molecule has 0 aliphatic heterocycles.